The van der Waals surface area contributed by atoms with Crippen LogP contribution in [0.5, 0.6) is 11.5 Å². The Balaban J connectivity index is 1.65. The fraction of sp³-hybridized carbons (Fsp3) is 0.231. The molecule has 0 unspecified atom stereocenters. The minimum Gasteiger partial charge on any atom is -0.490 e. The summed E-state index contributed by atoms with van der Waals surface area (Å²) in [5.41, 5.74) is 7.47. The third-order valence-corrected chi connectivity index (χ3v) is 5.50. The van der Waals surface area contributed by atoms with Crippen molar-refractivity contribution in [2.45, 2.75) is 33.8 Å². The number of aryl methyl sites for hydroxylation is 2. The Labute approximate surface area is 204 Å². The van der Waals surface area contributed by atoms with Crippen molar-refractivity contribution in [1.29, 1.82) is 0 Å². The van der Waals surface area contributed by atoms with Gasteiger partial charge in [-0.2, -0.15) is 5.10 Å². The van der Waals surface area contributed by atoms with Crippen LogP contribution in [-0.2, 0) is 17.8 Å². The predicted molar refractivity (Wildman–Crippen MR) is 134 cm³/mol. The SMILES string of the molecule is CCOc1cc(/C=N\NC(=O)Cc2ccc(C)c(C)c2)cc(Cl)c1OCc1ccc(Cl)cc1. The predicted octanol–water partition coefficient (Wildman–Crippen LogP) is 6.28. The Hall–Kier alpha value is -3.02. The van der Waals surface area contributed by atoms with E-state index in [4.69, 9.17) is 32.7 Å². The summed E-state index contributed by atoms with van der Waals surface area (Å²) >= 11 is 12.4. The van der Waals surface area contributed by atoms with E-state index >= 15 is 0 Å². The van der Waals surface area contributed by atoms with Crippen LogP contribution in [0.4, 0.5) is 0 Å². The molecular formula is C26H26Cl2N2O3. The molecule has 0 saturated carbocycles. The van der Waals surface area contributed by atoms with Crippen LogP contribution in [0.3, 0.4) is 0 Å². The van der Waals surface area contributed by atoms with Crippen molar-refractivity contribution < 1.29 is 14.3 Å². The van der Waals surface area contributed by atoms with Crippen molar-refractivity contribution >= 4 is 35.3 Å². The standard InChI is InChI=1S/C26H26Cl2N2O3/c1-4-32-24-13-21(12-23(28)26(24)33-16-19-7-9-22(27)10-8-19)15-29-30-25(31)14-20-6-5-17(2)18(3)11-20/h5-13,15H,4,14,16H2,1-3H3,(H,30,31)/b29-15-. The van der Waals surface area contributed by atoms with E-state index in [1.165, 1.54) is 11.8 Å². The van der Waals surface area contributed by atoms with Crippen LogP contribution in [0.25, 0.3) is 0 Å². The highest BCUT2D eigenvalue weighted by molar-refractivity contribution is 6.32. The van der Waals surface area contributed by atoms with E-state index in [0.29, 0.717) is 40.3 Å². The Morgan fingerprint density at radius 3 is 2.39 bits per heavy atom. The van der Waals surface area contributed by atoms with Gasteiger partial charge in [0.2, 0.25) is 5.91 Å². The lowest BCUT2D eigenvalue weighted by Crippen LogP contribution is -2.19. The molecule has 0 fully saturated rings. The van der Waals surface area contributed by atoms with Gasteiger partial charge in [-0.3, -0.25) is 4.79 Å². The number of amides is 1. The van der Waals surface area contributed by atoms with Gasteiger partial charge in [0, 0.05) is 5.02 Å². The number of halogens is 2. The summed E-state index contributed by atoms with van der Waals surface area (Å²) in [6, 6.07) is 16.8. The van der Waals surface area contributed by atoms with Crippen molar-refractivity contribution in [2.75, 3.05) is 6.61 Å². The zero-order valence-corrected chi connectivity index (χ0v) is 20.3. The first kappa shape index (κ1) is 24.6. The summed E-state index contributed by atoms with van der Waals surface area (Å²) in [5, 5.41) is 5.11. The number of carbonyl (C=O) groups is 1. The van der Waals surface area contributed by atoms with Gasteiger partial charge in [0.1, 0.15) is 6.61 Å². The first-order valence-electron chi connectivity index (χ1n) is 10.6. The molecule has 5 nitrogen and oxygen atoms in total. The quantitative estimate of drug-likeness (QED) is 0.287. The van der Waals surface area contributed by atoms with Gasteiger partial charge in [0.15, 0.2) is 11.5 Å². The van der Waals surface area contributed by atoms with Crippen molar-refractivity contribution in [2.24, 2.45) is 5.10 Å². The molecule has 0 radical (unpaired) electrons. The smallest absolute Gasteiger partial charge is 0.244 e. The van der Waals surface area contributed by atoms with Crippen LogP contribution in [0.15, 0.2) is 59.7 Å². The molecule has 1 amide bonds. The van der Waals surface area contributed by atoms with Gasteiger partial charge in [-0.05, 0) is 72.9 Å². The molecule has 0 aliphatic carbocycles. The molecule has 7 heteroatoms. The van der Waals surface area contributed by atoms with Gasteiger partial charge in [0.05, 0.1) is 24.3 Å². The molecule has 1 N–H and O–H groups in total. The van der Waals surface area contributed by atoms with E-state index < -0.39 is 0 Å². The zero-order valence-electron chi connectivity index (χ0n) is 18.8. The number of rotatable bonds is 9. The number of nitrogens with one attached hydrogen (secondary N) is 1. The number of hydrazone groups is 1. The maximum absolute atomic E-state index is 12.2. The van der Waals surface area contributed by atoms with Gasteiger partial charge in [-0.15, -0.1) is 0 Å². The topological polar surface area (TPSA) is 59.9 Å². The molecule has 0 aliphatic rings. The van der Waals surface area contributed by atoms with Crippen molar-refractivity contribution in [3.8, 4) is 11.5 Å². The first-order valence-corrected chi connectivity index (χ1v) is 11.3. The Morgan fingerprint density at radius 2 is 1.70 bits per heavy atom. The lowest BCUT2D eigenvalue weighted by Gasteiger charge is -2.14. The summed E-state index contributed by atoms with van der Waals surface area (Å²) < 4.78 is 11.6. The largest absolute Gasteiger partial charge is 0.490 e. The second-order valence-electron chi connectivity index (χ2n) is 7.57. The maximum atomic E-state index is 12.2. The average Bonchev–Trinajstić information content (AvgIpc) is 2.77. The van der Waals surface area contributed by atoms with Gasteiger partial charge >= 0.3 is 0 Å². The highest BCUT2D eigenvalue weighted by Gasteiger charge is 2.13. The van der Waals surface area contributed by atoms with E-state index in [9.17, 15) is 4.79 Å². The third kappa shape index (κ3) is 7.24. The van der Waals surface area contributed by atoms with Crippen LogP contribution in [0, 0.1) is 13.8 Å². The number of hydrogen-bond acceptors (Lipinski definition) is 4. The number of benzene rings is 3. The number of carbonyl (C=O) groups excluding carboxylic acids is 1. The molecule has 0 spiro atoms. The molecule has 0 bridgehead atoms. The van der Waals surface area contributed by atoms with E-state index in [2.05, 4.69) is 10.5 Å². The second kappa shape index (κ2) is 11.7. The van der Waals surface area contributed by atoms with Crippen LogP contribution < -0.4 is 14.9 Å². The maximum Gasteiger partial charge on any atom is 0.244 e. The molecule has 33 heavy (non-hydrogen) atoms. The van der Waals surface area contributed by atoms with E-state index in [1.807, 2.05) is 51.1 Å². The molecule has 3 rings (SSSR count). The summed E-state index contributed by atoms with van der Waals surface area (Å²) in [5.74, 6) is 0.750. The monoisotopic (exact) mass is 484 g/mol. The number of hydrogen-bond donors (Lipinski definition) is 1. The van der Waals surface area contributed by atoms with Crippen molar-refractivity contribution in [1.82, 2.24) is 5.43 Å². The summed E-state index contributed by atoms with van der Waals surface area (Å²) in [7, 11) is 0. The third-order valence-electron chi connectivity index (χ3n) is 4.97. The molecule has 0 aromatic heterocycles. The number of nitrogens with zero attached hydrogens (tertiary/aromatic N) is 1. The lowest BCUT2D eigenvalue weighted by atomic mass is 10.0. The minimum atomic E-state index is -0.200. The lowest BCUT2D eigenvalue weighted by molar-refractivity contribution is -0.120. The van der Waals surface area contributed by atoms with E-state index in [0.717, 1.165) is 16.7 Å². The molecule has 0 atom stereocenters. The van der Waals surface area contributed by atoms with E-state index in [1.54, 1.807) is 24.3 Å². The Kier molecular flexibility index (Phi) is 8.75. The Bertz CT molecular complexity index is 1150. The van der Waals surface area contributed by atoms with Crippen molar-refractivity contribution in [3.05, 3.63) is 92.5 Å². The van der Waals surface area contributed by atoms with Crippen molar-refractivity contribution in [3.63, 3.8) is 0 Å². The van der Waals surface area contributed by atoms with Crippen LogP contribution in [0.1, 0.15) is 34.7 Å². The Morgan fingerprint density at radius 1 is 0.970 bits per heavy atom. The fourth-order valence-corrected chi connectivity index (χ4v) is 3.52. The zero-order chi connectivity index (χ0) is 23.8. The summed E-state index contributed by atoms with van der Waals surface area (Å²) in [4.78, 5) is 12.2. The highest BCUT2D eigenvalue weighted by atomic mass is 35.5. The minimum absolute atomic E-state index is 0.200. The van der Waals surface area contributed by atoms with Gasteiger partial charge < -0.3 is 9.47 Å². The molecular weight excluding hydrogens is 459 g/mol. The average molecular weight is 485 g/mol. The van der Waals surface area contributed by atoms with Gasteiger partial charge in [0.25, 0.3) is 0 Å². The molecule has 0 saturated heterocycles. The molecule has 0 heterocycles. The summed E-state index contributed by atoms with van der Waals surface area (Å²) in [6.07, 6.45) is 1.77. The normalized spacial score (nSPS) is 10.9. The fourth-order valence-electron chi connectivity index (χ4n) is 3.12. The highest BCUT2D eigenvalue weighted by Crippen LogP contribution is 2.37. The van der Waals surface area contributed by atoms with Gasteiger partial charge in [-0.25, -0.2) is 5.43 Å². The molecule has 172 valence electrons. The first-order chi connectivity index (χ1) is 15.9. The molecule has 3 aromatic rings. The van der Waals surface area contributed by atoms with Crippen LogP contribution >= 0.6 is 23.2 Å². The summed E-state index contributed by atoms with van der Waals surface area (Å²) in [6.45, 7) is 6.71. The van der Waals surface area contributed by atoms with Crippen LogP contribution in [-0.4, -0.2) is 18.7 Å². The number of ether oxygens (including phenoxy) is 2. The molecule has 0 aliphatic heterocycles. The van der Waals surface area contributed by atoms with Gasteiger partial charge in [-0.1, -0.05) is 53.5 Å². The van der Waals surface area contributed by atoms with E-state index in [-0.39, 0.29) is 12.3 Å². The molecule has 3 aromatic carbocycles. The van der Waals surface area contributed by atoms with Crippen LogP contribution in [0.2, 0.25) is 10.0 Å². The second-order valence-corrected chi connectivity index (χ2v) is 8.41.